The van der Waals surface area contributed by atoms with Crippen LogP contribution in [0, 0.1) is 0 Å². The summed E-state index contributed by atoms with van der Waals surface area (Å²) in [5.41, 5.74) is 7.92. The maximum Gasteiger partial charge on any atom is 0.121 e. The molecule has 4 nitrogen and oxygen atoms in total. The fraction of sp³-hybridized carbons (Fsp3) is 0.571. The Morgan fingerprint density at radius 3 is 2.50 bits per heavy atom. The number of nitrogen functional groups attached to an aromatic ring is 1. The summed E-state index contributed by atoms with van der Waals surface area (Å²) < 4.78 is 5.27. The number of likely N-dealkylation sites (N-methyl/N-ethyl adjacent to an activating group) is 2. The number of methoxy groups -OCH3 is 1. The second kappa shape index (κ2) is 6.50. The van der Waals surface area contributed by atoms with Gasteiger partial charge in [0.25, 0.3) is 0 Å². The third-order valence-corrected chi connectivity index (χ3v) is 3.05. The van der Waals surface area contributed by atoms with Crippen molar-refractivity contribution < 1.29 is 4.74 Å². The molecule has 4 heteroatoms. The molecule has 0 spiro atoms. The van der Waals surface area contributed by atoms with Crippen molar-refractivity contribution in [1.82, 2.24) is 4.90 Å². The monoisotopic (exact) mass is 251 g/mol. The summed E-state index contributed by atoms with van der Waals surface area (Å²) in [6, 6.07) is 6.20. The fourth-order valence-corrected chi connectivity index (χ4v) is 2.25. The highest BCUT2D eigenvalue weighted by atomic mass is 16.5. The zero-order valence-corrected chi connectivity index (χ0v) is 12.1. The Hall–Kier alpha value is -1.42. The Kier molecular flexibility index (Phi) is 5.28. The average molecular weight is 251 g/mol. The van der Waals surface area contributed by atoms with Gasteiger partial charge in [-0.25, -0.2) is 0 Å². The van der Waals surface area contributed by atoms with E-state index in [1.165, 1.54) is 0 Å². The predicted molar refractivity (Wildman–Crippen MR) is 78.4 cm³/mol. The fourth-order valence-electron chi connectivity index (χ4n) is 2.25. The SMILES string of the molecule is CCN(c1cc(OC)ccc1N)C(C)CN(C)C. The number of nitrogens with two attached hydrogens (primary N) is 1. The molecule has 102 valence electrons. The number of anilines is 2. The molecule has 0 aliphatic carbocycles. The van der Waals surface area contributed by atoms with Gasteiger partial charge in [-0.05, 0) is 40.1 Å². The minimum atomic E-state index is 0.402. The zero-order chi connectivity index (χ0) is 13.7. The van der Waals surface area contributed by atoms with Gasteiger partial charge in [0.1, 0.15) is 5.75 Å². The van der Waals surface area contributed by atoms with E-state index < -0.39 is 0 Å². The molecular weight excluding hydrogens is 226 g/mol. The molecule has 18 heavy (non-hydrogen) atoms. The van der Waals surface area contributed by atoms with E-state index >= 15 is 0 Å². The standard InChI is InChI=1S/C14H25N3O/c1-6-17(11(2)10-16(3)4)14-9-12(18-5)7-8-13(14)15/h7-9,11H,6,10,15H2,1-5H3. The number of ether oxygens (including phenoxy) is 1. The van der Waals surface area contributed by atoms with Crippen molar-refractivity contribution in [3.63, 3.8) is 0 Å². The zero-order valence-electron chi connectivity index (χ0n) is 12.1. The Morgan fingerprint density at radius 2 is 2.00 bits per heavy atom. The van der Waals surface area contributed by atoms with Crippen molar-refractivity contribution in [3.8, 4) is 5.75 Å². The van der Waals surface area contributed by atoms with Crippen molar-refractivity contribution in [2.45, 2.75) is 19.9 Å². The lowest BCUT2D eigenvalue weighted by Gasteiger charge is -2.33. The van der Waals surface area contributed by atoms with E-state index in [0.29, 0.717) is 6.04 Å². The predicted octanol–water partition coefficient (Wildman–Crippen LogP) is 2.05. The van der Waals surface area contributed by atoms with Crippen molar-refractivity contribution in [3.05, 3.63) is 18.2 Å². The third kappa shape index (κ3) is 3.53. The molecule has 2 N–H and O–H groups in total. The van der Waals surface area contributed by atoms with Gasteiger partial charge in [-0.1, -0.05) is 0 Å². The Morgan fingerprint density at radius 1 is 1.33 bits per heavy atom. The largest absolute Gasteiger partial charge is 0.497 e. The highest BCUT2D eigenvalue weighted by molar-refractivity contribution is 5.70. The second-order valence-corrected chi connectivity index (χ2v) is 4.82. The second-order valence-electron chi connectivity index (χ2n) is 4.82. The third-order valence-electron chi connectivity index (χ3n) is 3.05. The molecule has 0 aromatic heterocycles. The number of hydrogen-bond donors (Lipinski definition) is 1. The van der Waals surface area contributed by atoms with Crippen molar-refractivity contribution in [1.29, 1.82) is 0 Å². The van der Waals surface area contributed by atoms with Gasteiger partial charge in [0.05, 0.1) is 18.5 Å². The maximum absolute atomic E-state index is 6.08. The molecule has 1 aromatic carbocycles. The maximum atomic E-state index is 6.08. The number of rotatable bonds is 6. The van der Waals surface area contributed by atoms with Crippen LogP contribution in [0.15, 0.2) is 18.2 Å². The molecule has 0 fully saturated rings. The highest BCUT2D eigenvalue weighted by Gasteiger charge is 2.16. The summed E-state index contributed by atoms with van der Waals surface area (Å²) in [4.78, 5) is 4.49. The van der Waals surface area contributed by atoms with Gasteiger partial charge in [0, 0.05) is 25.2 Å². The van der Waals surface area contributed by atoms with Crippen LogP contribution in [0.5, 0.6) is 5.75 Å². The minimum Gasteiger partial charge on any atom is -0.497 e. The molecule has 1 rings (SSSR count). The van der Waals surface area contributed by atoms with E-state index in [1.807, 2.05) is 18.2 Å². The van der Waals surface area contributed by atoms with Gasteiger partial charge in [-0.3, -0.25) is 0 Å². The molecule has 0 aliphatic rings. The summed E-state index contributed by atoms with van der Waals surface area (Å²) in [5, 5.41) is 0. The summed E-state index contributed by atoms with van der Waals surface area (Å²) >= 11 is 0. The van der Waals surface area contributed by atoms with Crippen molar-refractivity contribution >= 4 is 11.4 Å². The van der Waals surface area contributed by atoms with Crippen LogP contribution in [0.3, 0.4) is 0 Å². The molecule has 0 amide bonds. The quantitative estimate of drug-likeness (QED) is 0.786. The van der Waals surface area contributed by atoms with E-state index in [1.54, 1.807) is 7.11 Å². The summed E-state index contributed by atoms with van der Waals surface area (Å²) in [7, 11) is 5.84. The first kappa shape index (κ1) is 14.6. The molecular formula is C14H25N3O. The van der Waals surface area contributed by atoms with Gasteiger partial charge in [0.2, 0.25) is 0 Å². The number of hydrogen-bond acceptors (Lipinski definition) is 4. The normalized spacial score (nSPS) is 12.6. The molecule has 0 radical (unpaired) electrons. The molecule has 0 saturated carbocycles. The first-order valence-electron chi connectivity index (χ1n) is 6.34. The summed E-state index contributed by atoms with van der Waals surface area (Å²) in [6.07, 6.45) is 0. The Labute approximate surface area is 110 Å². The van der Waals surface area contributed by atoms with Crippen LogP contribution in [0.4, 0.5) is 11.4 Å². The lowest BCUT2D eigenvalue weighted by atomic mass is 10.2. The van der Waals surface area contributed by atoms with Crippen molar-refractivity contribution in [2.75, 3.05) is 44.9 Å². The van der Waals surface area contributed by atoms with E-state index in [4.69, 9.17) is 10.5 Å². The van der Waals surface area contributed by atoms with Crippen LogP contribution >= 0.6 is 0 Å². The van der Waals surface area contributed by atoms with E-state index in [0.717, 1.165) is 30.2 Å². The number of nitrogens with zero attached hydrogens (tertiary/aromatic N) is 2. The Bertz CT molecular complexity index is 379. The molecule has 1 aromatic rings. The van der Waals surface area contributed by atoms with Gasteiger partial charge < -0.3 is 20.3 Å². The van der Waals surface area contributed by atoms with Gasteiger partial charge >= 0.3 is 0 Å². The van der Waals surface area contributed by atoms with Gasteiger partial charge in [0.15, 0.2) is 0 Å². The van der Waals surface area contributed by atoms with Gasteiger partial charge in [-0.15, -0.1) is 0 Å². The summed E-state index contributed by atoms with van der Waals surface area (Å²) in [5.74, 6) is 0.842. The lowest BCUT2D eigenvalue weighted by molar-refractivity contribution is 0.372. The van der Waals surface area contributed by atoms with Crippen LogP contribution in [0.1, 0.15) is 13.8 Å². The molecule has 0 saturated heterocycles. The smallest absolute Gasteiger partial charge is 0.121 e. The molecule has 1 unspecified atom stereocenters. The first-order chi connectivity index (χ1) is 8.49. The van der Waals surface area contributed by atoms with Crippen molar-refractivity contribution in [2.24, 2.45) is 0 Å². The van der Waals surface area contributed by atoms with E-state index in [2.05, 4.69) is 37.7 Å². The molecule has 1 atom stereocenters. The van der Waals surface area contributed by atoms with Crippen LogP contribution in [0.25, 0.3) is 0 Å². The average Bonchev–Trinajstić information content (AvgIpc) is 2.31. The highest BCUT2D eigenvalue weighted by Crippen LogP contribution is 2.29. The van der Waals surface area contributed by atoms with Crippen LogP contribution in [-0.4, -0.2) is 45.2 Å². The van der Waals surface area contributed by atoms with Crippen LogP contribution in [0.2, 0.25) is 0 Å². The first-order valence-corrected chi connectivity index (χ1v) is 6.34. The number of benzene rings is 1. The Balaban J connectivity index is 3.00. The van der Waals surface area contributed by atoms with Gasteiger partial charge in [-0.2, -0.15) is 0 Å². The molecule has 0 bridgehead atoms. The lowest BCUT2D eigenvalue weighted by Crippen LogP contribution is -2.40. The molecule has 0 aliphatic heterocycles. The van der Waals surface area contributed by atoms with E-state index in [-0.39, 0.29) is 0 Å². The van der Waals surface area contributed by atoms with Crippen LogP contribution in [-0.2, 0) is 0 Å². The molecule has 0 heterocycles. The summed E-state index contributed by atoms with van der Waals surface area (Å²) in [6.45, 7) is 6.27. The van der Waals surface area contributed by atoms with Crippen LogP contribution < -0.4 is 15.4 Å². The topological polar surface area (TPSA) is 41.7 Å². The van der Waals surface area contributed by atoms with E-state index in [9.17, 15) is 0 Å². The minimum absolute atomic E-state index is 0.402.